The fourth-order valence-electron chi connectivity index (χ4n) is 4.18. The number of nitrogens with one attached hydrogen (secondary N) is 2. The van der Waals surface area contributed by atoms with E-state index in [1.54, 1.807) is 0 Å². The molecule has 0 saturated carbocycles. The summed E-state index contributed by atoms with van der Waals surface area (Å²) in [7, 11) is 2.03. The first-order valence-electron chi connectivity index (χ1n) is 10.3. The maximum absolute atomic E-state index is 12.3. The van der Waals surface area contributed by atoms with E-state index in [2.05, 4.69) is 20.4 Å². The van der Waals surface area contributed by atoms with Crippen molar-refractivity contribution in [1.29, 1.82) is 0 Å². The van der Waals surface area contributed by atoms with Crippen molar-refractivity contribution in [3.8, 4) is 5.88 Å². The highest BCUT2D eigenvalue weighted by atomic mass is 35.5. The Morgan fingerprint density at radius 2 is 2.06 bits per heavy atom. The highest BCUT2D eigenvalue weighted by molar-refractivity contribution is 6.58. The van der Waals surface area contributed by atoms with Gasteiger partial charge >= 0.3 is 0 Å². The standard InChI is InChI=1S/C23H23N5O3.ClH/c1-28-11-10-14(12-28)24-19(29)13-31-27-21-16-7-3-5-9-18(16)25-22(21)20-15-6-2-4-8-17(15)26-23(20)30;/h2-9,14,26,30H,10-13H2,1H3,(H,24,29);1H/b27-21+;/t14-;/m1./s1. The molecule has 3 heterocycles. The van der Waals surface area contributed by atoms with Crippen LogP contribution in [0.5, 0.6) is 5.88 Å². The topological polar surface area (TPSA) is 102 Å². The minimum absolute atomic E-state index is 0. The molecular weight excluding hydrogens is 430 g/mol. The van der Waals surface area contributed by atoms with Crippen LogP contribution in [0.1, 0.15) is 17.5 Å². The predicted molar refractivity (Wildman–Crippen MR) is 126 cm³/mol. The third-order valence-corrected chi connectivity index (χ3v) is 5.65. The number of aromatic hydroxyl groups is 1. The van der Waals surface area contributed by atoms with Crippen LogP contribution in [0, 0.1) is 0 Å². The van der Waals surface area contributed by atoms with Gasteiger partial charge in [0.25, 0.3) is 5.91 Å². The minimum Gasteiger partial charge on any atom is -0.494 e. The van der Waals surface area contributed by atoms with Crippen molar-refractivity contribution in [3.63, 3.8) is 0 Å². The molecule has 9 heteroatoms. The summed E-state index contributed by atoms with van der Waals surface area (Å²) in [6, 6.07) is 15.3. The Morgan fingerprint density at radius 3 is 2.88 bits per heavy atom. The molecule has 3 N–H and O–H groups in total. The van der Waals surface area contributed by atoms with Crippen molar-refractivity contribution in [3.05, 3.63) is 59.7 Å². The number of benzene rings is 2. The number of rotatable bonds is 5. The molecular formula is C23H24ClN5O3. The van der Waals surface area contributed by atoms with Crippen LogP contribution in [0.25, 0.3) is 10.9 Å². The van der Waals surface area contributed by atoms with Crippen molar-refractivity contribution in [2.24, 2.45) is 10.1 Å². The van der Waals surface area contributed by atoms with E-state index in [0.717, 1.165) is 41.7 Å². The van der Waals surface area contributed by atoms with Crippen molar-refractivity contribution >= 4 is 46.3 Å². The van der Waals surface area contributed by atoms with Gasteiger partial charge in [-0.3, -0.25) is 4.79 Å². The lowest BCUT2D eigenvalue weighted by atomic mass is 10.0. The van der Waals surface area contributed by atoms with Crippen LogP contribution in [0.3, 0.4) is 0 Å². The molecule has 8 nitrogen and oxygen atoms in total. The Morgan fingerprint density at radius 1 is 1.28 bits per heavy atom. The van der Waals surface area contributed by atoms with Crippen LogP contribution < -0.4 is 5.32 Å². The average molecular weight is 454 g/mol. The number of fused-ring (bicyclic) bond motifs is 2. The van der Waals surface area contributed by atoms with E-state index in [1.165, 1.54) is 0 Å². The van der Waals surface area contributed by atoms with E-state index >= 15 is 0 Å². The summed E-state index contributed by atoms with van der Waals surface area (Å²) in [4.78, 5) is 27.6. The van der Waals surface area contributed by atoms with Crippen LogP contribution in [-0.4, -0.2) is 65.1 Å². The molecule has 0 unspecified atom stereocenters. The van der Waals surface area contributed by atoms with Crippen LogP contribution in [0.4, 0.5) is 5.69 Å². The summed E-state index contributed by atoms with van der Waals surface area (Å²) >= 11 is 0. The normalized spacial score (nSPS) is 19.0. The first kappa shape index (κ1) is 21.9. The zero-order valence-corrected chi connectivity index (χ0v) is 18.4. The van der Waals surface area contributed by atoms with E-state index < -0.39 is 0 Å². The van der Waals surface area contributed by atoms with Gasteiger partial charge < -0.3 is 25.1 Å². The van der Waals surface area contributed by atoms with Crippen LogP contribution >= 0.6 is 12.4 Å². The van der Waals surface area contributed by atoms with Gasteiger partial charge in [0.05, 0.1) is 11.3 Å². The van der Waals surface area contributed by atoms with Gasteiger partial charge in [0.2, 0.25) is 0 Å². The molecule has 0 radical (unpaired) electrons. The van der Waals surface area contributed by atoms with E-state index in [9.17, 15) is 9.90 Å². The number of aliphatic imine (C=N–C) groups is 1. The van der Waals surface area contributed by atoms with Gasteiger partial charge in [0.15, 0.2) is 12.5 Å². The summed E-state index contributed by atoms with van der Waals surface area (Å²) < 4.78 is 0. The Balaban J connectivity index is 0.00000245. The summed E-state index contributed by atoms with van der Waals surface area (Å²) in [6.45, 7) is 1.63. The first-order valence-corrected chi connectivity index (χ1v) is 10.3. The van der Waals surface area contributed by atoms with Crippen molar-refractivity contribution in [1.82, 2.24) is 15.2 Å². The van der Waals surface area contributed by atoms with Gasteiger partial charge in [-0.1, -0.05) is 41.6 Å². The molecule has 1 atom stereocenters. The van der Waals surface area contributed by atoms with Crippen LogP contribution in [0.15, 0.2) is 58.7 Å². The third-order valence-electron chi connectivity index (χ3n) is 5.65. The van der Waals surface area contributed by atoms with Crippen molar-refractivity contribution < 1.29 is 14.7 Å². The number of aromatic nitrogens is 1. The monoisotopic (exact) mass is 453 g/mol. The number of likely N-dealkylation sites (N-methyl/N-ethyl adjacent to an activating group) is 1. The largest absolute Gasteiger partial charge is 0.494 e. The maximum atomic E-state index is 12.3. The number of hydrogen-bond acceptors (Lipinski definition) is 6. The fourth-order valence-corrected chi connectivity index (χ4v) is 4.18. The number of para-hydroxylation sites is 2. The second-order valence-corrected chi connectivity index (χ2v) is 7.90. The van der Waals surface area contributed by atoms with Gasteiger partial charge in [-0.05, 0) is 32.1 Å². The SMILES string of the molecule is CN1CC[C@@H](NC(=O)CO/N=C2/C(c3c(O)[nH]c4ccccc34)=Nc3ccccc32)C1.Cl. The Kier molecular flexibility index (Phi) is 6.16. The molecule has 2 aliphatic rings. The van der Waals surface area contributed by atoms with Gasteiger partial charge in [0, 0.05) is 29.1 Å². The molecule has 1 aromatic heterocycles. The summed E-state index contributed by atoms with van der Waals surface area (Å²) in [5.74, 6) is -0.187. The molecule has 0 spiro atoms. The number of aromatic amines is 1. The number of carbonyl (C=O) groups is 1. The highest BCUT2D eigenvalue weighted by Gasteiger charge is 2.29. The zero-order chi connectivity index (χ0) is 21.4. The zero-order valence-electron chi connectivity index (χ0n) is 17.5. The predicted octanol–water partition coefficient (Wildman–Crippen LogP) is 2.97. The average Bonchev–Trinajstić information content (AvgIpc) is 3.42. The lowest BCUT2D eigenvalue weighted by molar-refractivity contribution is -0.126. The van der Waals surface area contributed by atoms with E-state index in [1.807, 2.05) is 55.6 Å². The molecule has 5 rings (SSSR count). The Hall–Kier alpha value is -3.36. The number of amides is 1. The lowest BCUT2D eigenvalue weighted by Crippen LogP contribution is -2.38. The van der Waals surface area contributed by atoms with Gasteiger partial charge in [-0.25, -0.2) is 4.99 Å². The van der Waals surface area contributed by atoms with Crippen LogP contribution in [-0.2, 0) is 9.63 Å². The Labute approximate surface area is 191 Å². The molecule has 2 aliphatic heterocycles. The van der Waals surface area contributed by atoms with E-state index in [-0.39, 0.29) is 36.8 Å². The smallest absolute Gasteiger partial charge is 0.261 e. The molecule has 1 saturated heterocycles. The van der Waals surface area contributed by atoms with E-state index in [0.29, 0.717) is 17.0 Å². The summed E-state index contributed by atoms with van der Waals surface area (Å²) in [6.07, 6.45) is 0.931. The first-order chi connectivity index (χ1) is 15.1. The lowest BCUT2D eigenvalue weighted by Gasteiger charge is -2.12. The number of carbonyl (C=O) groups excluding carboxylic acids is 1. The third kappa shape index (κ3) is 4.06. The molecule has 3 aromatic rings. The number of oxime groups is 1. The number of likely N-dealkylation sites (tertiary alicyclic amines) is 1. The number of nitrogens with zero attached hydrogens (tertiary/aromatic N) is 3. The number of H-pyrrole nitrogens is 1. The minimum atomic E-state index is -0.204. The van der Waals surface area contributed by atoms with E-state index in [4.69, 9.17) is 9.83 Å². The van der Waals surface area contributed by atoms with Gasteiger partial charge in [-0.2, -0.15) is 0 Å². The summed E-state index contributed by atoms with van der Waals surface area (Å²) in [5.41, 5.74) is 3.89. The number of hydrogen-bond donors (Lipinski definition) is 3. The maximum Gasteiger partial charge on any atom is 0.261 e. The van der Waals surface area contributed by atoms with Gasteiger partial charge in [0.1, 0.15) is 11.4 Å². The van der Waals surface area contributed by atoms with Gasteiger partial charge in [-0.15, -0.1) is 12.4 Å². The molecule has 0 bridgehead atoms. The quantitative estimate of drug-likeness (QED) is 0.517. The molecule has 1 amide bonds. The van der Waals surface area contributed by atoms with Crippen molar-refractivity contribution in [2.45, 2.75) is 12.5 Å². The second-order valence-electron chi connectivity index (χ2n) is 7.90. The molecule has 0 aliphatic carbocycles. The van der Waals surface area contributed by atoms with Crippen molar-refractivity contribution in [2.75, 3.05) is 26.7 Å². The van der Waals surface area contributed by atoms with Crippen LogP contribution in [0.2, 0.25) is 0 Å². The highest BCUT2D eigenvalue weighted by Crippen LogP contribution is 2.35. The molecule has 2 aromatic carbocycles. The Bertz CT molecular complexity index is 1220. The fraction of sp³-hybridized carbons (Fsp3) is 0.261. The summed E-state index contributed by atoms with van der Waals surface area (Å²) in [5, 5.41) is 18.7. The molecule has 166 valence electrons. The second kappa shape index (κ2) is 9.02. The number of halogens is 1. The molecule has 1 fully saturated rings. The molecule has 32 heavy (non-hydrogen) atoms.